The molecule has 0 bridgehead atoms. The maximum Gasteiger partial charge on any atom is 0.128 e. The molecule has 2 heterocycles. The van der Waals surface area contributed by atoms with Crippen LogP contribution in [0.15, 0.2) is 18.3 Å². The van der Waals surface area contributed by atoms with Crippen molar-refractivity contribution in [1.82, 2.24) is 4.98 Å². The third-order valence-corrected chi connectivity index (χ3v) is 4.27. The van der Waals surface area contributed by atoms with Gasteiger partial charge in [-0.15, -0.1) is 0 Å². The van der Waals surface area contributed by atoms with Gasteiger partial charge in [0.2, 0.25) is 0 Å². The highest BCUT2D eigenvalue weighted by Gasteiger charge is 2.23. The Balaban J connectivity index is 2.11. The number of hydrogen-bond donors (Lipinski definition) is 1. The lowest BCUT2D eigenvalue weighted by molar-refractivity contribution is 0.716. The van der Waals surface area contributed by atoms with Gasteiger partial charge in [-0.3, -0.25) is 0 Å². The number of pyridine rings is 1. The largest absolute Gasteiger partial charge is 0.354 e. The van der Waals surface area contributed by atoms with Gasteiger partial charge < -0.3 is 10.6 Å². The molecule has 1 aromatic heterocycles. The minimum atomic E-state index is 0.0614. The molecule has 1 fully saturated rings. The molecule has 1 aromatic rings. The Hall–Kier alpha value is -0.740. The van der Waals surface area contributed by atoms with E-state index in [2.05, 4.69) is 47.6 Å². The molecule has 0 spiro atoms. The van der Waals surface area contributed by atoms with Crippen molar-refractivity contribution >= 4 is 17.6 Å². The predicted molar refractivity (Wildman–Crippen MR) is 75.6 cm³/mol. The quantitative estimate of drug-likeness (QED) is 0.876. The minimum Gasteiger partial charge on any atom is -0.354 e. The molecule has 0 aromatic carbocycles. The van der Waals surface area contributed by atoms with E-state index in [0.717, 1.165) is 24.5 Å². The number of nitrogens with zero attached hydrogens (tertiary/aromatic N) is 2. The smallest absolute Gasteiger partial charge is 0.128 e. The van der Waals surface area contributed by atoms with E-state index in [1.807, 2.05) is 13.1 Å². The fourth-order valence-electron chi connectivity index (χ4n) is 2.22. The molecular weight excluding hydrogens is 230 g/mol. The molecule has 3 nitrogen and oxygen atoms in total. The zero-order valence-corrected chi connectivity index (χ0v) is 11.6. The van der Waals surface area contributed by atoms with Crippen molar-refractivity contribution < 1.29 is 0 Å². The summed E-state index contributed by atoms with van der Waals surface area (Å²) in [5, 5.41) is 1.35. The third-order valence-electron chi connectivity index (χ3n) is 3.04. The van der Waals surface area contributed by atoms with E-state index in [1.165, 1.54) is 0 Å². The molecule has 17 heavy (non-hydrogen) atoms. The molecule has 0 saturated carbocycles. The molecule has 1 aliphatic rings. The molecule has 3 atom stereocenters. The summed E-state index contributed by atoms with van der Waals surface area (Å²) in [7, 11) is 0. The van der Waals surface area contributed by atoms with Crippen molar-refractivity contribution in [2.75, 3.05) is 18.0 Å². The van der Waals surface area contributed by atoms with Crippen LogP contribution in [0.3, 0.4) is 0 Å². The number of aromatic nitrogens is 1. The Morgan fingerprint density at radius 1 is 1.35 bits per heavy atom. The molecule has 2 rings (SSSR count). The van der Waals surface area contributed by atoms with Crippen LogP contribution in [0.2, 0.25) is 0 Å². The van der Waals surface area contributed by atoms with E-state index in [0.29, 0.717) is 10.5 Å². The molecular formula is C13H21N3S. The van der Waals surface area contributed by atoms with E-state index in [4.69, 9.17) is 5.73 Å². The van der Waals surface area contributed by atoms with E-state index in [9.17, 15) is 0 Å². The highest BCUT2D eigenvalue weighted by Crippen LogP contribution is 2.27. The van der Waals surface area contributed by atoms with Crippen LogP contribution >= 0.6 is 11.8 Å². The second-order valence-corrected chi connectivity index (χ2v) is 6.78. The van der Waals surface area contributed by atoms with Crippen LogP contribution < -0.4 is 10.6 Å². The van der Waals surface area contributed by atoms with Gasteiger partial charge in [-0.1, -0.05) is 19.9 Å². The third kappa shape index (κ3) is 3.13. The van der Waals surface area contributed by atoms with Crippen molar-refractivity contribution in [2.45, 2.75) is 37.3 Å². The molecule has 1 saturated heterocycles. The Morgan fingerprint density at radius 2 is 2.00 bits per heavy atom. The maximum absolute atomic E-state index is 5.83. The molecule has 0 radical (unpaired) electrons. The highest BCUT2D eigenvalue weighted by molar-refractivity contribution is 8.00. The first-order chi connectivity index (χ1) is 8.06. The van der Waals surface area contributed by atoms with E-state index in [1.54, 1.807) is 0 Å². The molecule has 1 aliphatic heterocycles. The molecule has 0 aliphatic carbocycles. The van der Waals surface area contributed by atoms with Crippen LogP contribution in [-0.4, -0.2) is 28.6 Å². The normalized spacial score (nSPS) is 26.9. The van der Waals surface area contributed by atoms with Crippen LogP contribution in [0.5, 0.6) is 0 Å². The standard InChI is InChI=1S/C13H21N3S/c1-9-7-16(8-10(2)17-9)13-5-4-12(6-15-13)11(3)14/h4-6,9-11H,7-8,14H2,1-3H3. The second-order valence-electron chi connectivity index (χ2n) is 4.90. The molecule has 3 unspecified atom stereocenters. The zero-order valence-electron chi connectivity index (χ0n) is 10.8. The Labute approximate surface area is 108 Å². The average Bonchev–Trinajstić information content (AvgIpc) is 2.28. The van der Waals surface area contributed by atoms with Gasteiger partial charge in [0.1, 0.15) is 5.82 Å². The SMILES string of the molecule is CC1CN(c2ccc(C(C)N)cn2)CC(C)S1. The van der Waals surface area contributed by atoms with Crippen LogP contribution in [-0.2, 0) is 0 Å². The summed E-state index contributed by atoms with van der Waals surface area (Å²) in [6.45, 7) is 8.71. The Kier molecular flexibility index (Phi) is 3.94. The number of hydrogen-bond acceptors (Lipinski definition) is 4. The average molecular weight is 251 g/mol. The van der Waals surface area contributed by atoms with Gasteiger partial charge >= 0.3 is 0 Å². The molecule has 2 N–H and O–H groups in total. The van der Waals surface area contributed by atoms with Gasteiger partial charge in [0, 0.05) is 35.8 Å². The summed E-state index contributed by atoms with van der Waals surface area (Å²) in [6.07, 6.45) is 1.90. The van der Waals surface area contributed by atoms with Crippen molar-refractivity contribution in [1.29, 1.82) is 0 Å². The minimum absolute atomic E-state index is 0.0614. The van der Waals surface area contributed by atoms with E-state index < -0.39 is 0 Å². The lowest BCUT2D eigenvalue weighted by Gasteiger charge is -2.35. The van der Waals surface area contributed by atoms with E-state index in [-0.39, 0.29) is 6.04 Å². The van der Waals surface area contributed by atoms with Crippen LogP contribution in [0.25, 0.3) is 0 Å². The monoisotopic (exact) mass is 251 g/mol. The summed E-state index contributed by atoms with van der Waals surface area (Å²) in [4.78, 5) is 6.90. The van der Waals surface area contributed by atoms with Crippen LogP contribution in [0.1, 0.15) is 32.4 Å². The summed E-state index contributed by atoms with van der Waals surface area (Å²) in [5.74, 6) is 1.08. The topological polar surface area (TPSA) is 42.1 Å². The fraction of sp³-hybridized carbons (Fsp3) is 0.615. The van der Waals surface area contributed by atoms with Gasteiger partial charge in [-0.2, -0.15) is 11.8 Å². The van der Waals surface area contributed by atoms with Crippen molar-refractivity contribution in [3.05, 3.63) is 23.9 Å². The summed E-state index contributed by atoms with van der Waals surface area (Å²) in [6, 6.07) is 4.24. The van der Waals surface area contributed by atoms with Gasteiger partial charge in [-0.25, -0.2) is 4.98 Å². The van der Waals surface area contributed by atoms with E-state index >= 15 is 0 Å². The summed E-state index contributed by atoms with van der Waals surface area (Å²) in [5.41, 5.74) is 6.93. The number of rotatable bonds is 2. The molecule has 4 heteroatoms. The highest BCUT2D eigenvalue weighted by atomic mass is 32.2. The summed E-state index contributed by atoms with van der Waals surface area (Å²) < 4.78 is 0. The van der Waals surface area contributed by atoms with Gasteiger partial charge in [0.25, 0.3) is 0 Å². The molecule has 94 valence electrons. The van der Waals surface area contributed by atoms with Crippen molar-refractivity contribution in [3.8, 4) is 0 Å². The number of thioether (sulfide) groups is 1. The first kappa shape index (κ1) is 12.7. The second kappa shape index (κ2) is 5.27. The zero-order chi connectivity index (χ0) is 12.4. The first-order valence-electron chi connectivity index (χ1n) is 6.18. The fourth-order valence-corrected chi connectivity index (χ4v) is 3.54. The maximum atomic E-state index is 5.83. The molecule has 0 amide bonds. The lowest BCUT2D eigenvalue weighted by Crippen LogP contribution is -2.40. The Bertz CT molecular complexity index is 353. The van der Waals surface area contributed by atoms with Gasteiger partial charge in [-0.05, 0) is 18.6 Å². The van der Waals surface area contributed by atoms with Crippen LogP contribution in [0.4, 0.5) is 5.82 Å². The number of anilines is 1. The lowest BCUT2D eigenvalue weighted by atomic mass is 10.1. The predicted octanol–water partition coefficient (Wildman–Crippen LogP) is 2.43. The van der Waals surface area contributed by atoms with Gasteiger partial charge in [0.05, 0.1) is 0 Å². The number of nitrogens with two attached hydrogens (primary N) is 1. The van der Waals surface area contributed by atoms with Crippen LogP contribution in [0, 0.1) is 0 Å². The van der Waals surface area contributed by atoms with Gasteiger partial charge in [0.15, 0.2) is 0 Å². The first-order valence-corrected chi connectivity index (χ1v) is 7.12. The van der Waals surface area contributed by atoms with Crippen molar-refractivity contribution in [2.24, 2.45) is 5.73 Å². The van der Waals surface area contributed by atoms with Crippen molar-refractivity contribution in [3.63, 3.8) is 0 Å². The Morgan fingerprint density at radius 3 is 2.47 bits per heavy atom. The summed E-state index contributed by atoms with van der Waals surface area (Å²) >= 11 is 2.06.